The molecule has 0 saturated carbocycles. The normalized spacial score (nSPS) is 10.8. The molecule has 0 N–H and O–H groups in total. The van der Waals surface area contributed by atoms with Gasteiger partial charge >= 0.3 is 162 Å². The Bertz CT molecular complexity index is 626. The summed E-state index contributed by atoms with van der Waals surface area (Å²) in [6.07, 6.45) is 2.00. The second-order valence-corrected chi connectivity index (χ2v) is 8.65. The molecule has 0 unspecified atom stereocenters. The molecule has 0 aliphatic rings. The Morgan fingerprint density at radius 3 is 2.28 bits per heavy atom. The standard InChI is InChI=1S/C21H28IO3/c1-4-13-23-14-6-15-25-19-9-7-18(8-10-19)22-21-12-11-20(24-5-2)16-17(21)3/h7-12,16H,4-6,13-15H2,1-3H3/q-1. The Kier molecular flexibility index (Phi) is 9.11. The Labute approximate surface area is 161 Å². The fraction of sp³-hybridized carbons (Fsp3) is 0.429. The van der Waals surface area contributed by atoms with Gasteiger partial charge in [0.15, 0.2) is 0 Å². The molecule has 0 aliphatic heterocycles. The van der Waals surface area contributed by atoms with Gasteiger partial charge < -0.3 is 0 Å². The van der Waals surface area contributed by atoms with E-state index in [0.29, 0.717) is 13.2 Å². The predicted octanol–water partition coefficient (Wildman–Crippen LogP) is 1.72. The van der Waals surface area contributed by atoms with E-state index in [1.807, 2.05) is 6.92 Å². The van der Waals surface area contributed by atoms with Gasteiger partial charge in [-0.2, -0.15) is 0 Å². The van der Waals surface area contributed by atoms with Gasteiger partial charge in [0, 0.05) is 0 Å². The fourth-order valence-electron chi connectivity index (χ4n) is 2.29. The molecule has 2 aromatic carbocycles. The molecular weight excluding hydrogens is 427 g/mol. The molecule has 0 saturated heterocycles. The van der Waals surface area contributed by atoms with Crippen LogP contribution in [0.15, 0.2) is 42.5 Å². The molecule has 2 aromatic rings. The van der Waals surface area contributed by atoms with Crippen molar-refractivity contribution in [3.05, 3.63) is 55.2 Å². The second-order valence-electron chi connectivity index (χ2n) is 5.71. The van der Waals surface area contributed by atoms with Crippen LogP contribution in [0.1, 0.15) is 32.3 Å². The van der Waals surface area contributed by atoms with Gasteiger partial charge in [-0.15, -0.1) is 0 Å². The molecule has 0 aromatic heterocycles. The van der Waals surface area contributed by atoms with Crippen molar-refractivity contribution in [3.8, 4) is 11.5 Å². The third-order valence-electron chi connectivity index (χ3n) is 3.52. The average molecular weight is 455 g/mol. The minimum atomic E-state index is -0.184. The Morgan fingerprint density at radius 2 is 1.60 bits per heavy atom. The van der Waals surface area contributed by atoms with Crippen LogP contribution in [0.2, 0.25) is 0 Å². The van der Waals surface area contributed by atoms with Gasteiger partial charge in [0.1, 0.15) is 0 Å². The summed E-state index contributed by atoms with van der Waals surface area (Å²) < 4.78 is 19.6. The molecule has 0 radical (unpaired) electrons. The number of aryl methyl sites for hydroxylation is 1. The van der Waals surface area contributed by atoms with Crippen LogP contribution in [-0.4, -0.2) is 26.4 Å². The van der Waals surface area contributed by atoms with Crippen molar-refractivity contribution in [2.45, 2.75) is 33.6 Å². The number of hydrogen-bond donors (Lipinski definition) is 0. The summed E-state index contributed by atoms with van der Waals surface area (Å²) in [6, 6.07) is 14.9. The van der Waals surface area contributed by atoms with Crippen LogP contribution in [0, 0.1) is 14.1 Å². The molecule has 25 heavy (non-hydrogen) atoms. The van der Waals surface area contributed by atoms with E-state index in [2.05, 4.69) is 56.3 Å². The van der Waals surface area contributed by atoms with Gasteiger partial charge in [-0.1, -0.05) is 0 Å². The third kappa shape index (κ3) is 7.24. The van der Waals surface area contributed by atoms with Crippen molar-refractivity contribution < 1.29 is 35.4 Å². The fourth-order valence-corrected chi connectivity index (χ4v) is 4.62. The zero-order valence-corrected chi connectivity index (χ0v) is 17.5. The SMILES string of the molecule is CCCOCCCOc1ccc([I-]c2ccc(OCC)cc2C)cc1. The first kappa shape index (κ1) is 20.0. The van der Waals surface area contributed by atoms with E-state index in [1.54, 1.807) is 0 Å². The van der Waals surface area contributed by atoms with Crippen molar-refractivity contribution >= 4 is 0 Å². The number of halogens is 1. The molecule has 0 heterocycles. The maximum absolute atomic E-state index is 5.77. The summed E-state index contributed by atoms with van der Waals surface area (Å²) in [5.41, 5.74) is 1.31. The first-order chi connectivity index (χ1) is 12.2. The third-order valence-corrected chi connectivity index (χ3v) is 6.65. The Morgan fingerprint density at radius 1 is 0.840 bits per heavy atom. The van der Waals surface area contributed by atoms with Crippen molar-refractivity contribution in [3.63, 3.8) is 0 Å². The zero-order valence-electron chi connectivity index (χ0n) is 15.4. The molecule has 0 aliphatic carbocycles. The predicted molar refractivity (Wildman–Crippen MR) is 97.4 cm³/mol. The zero-order chi connectivity index (χ0) is 17.9. The van der Waals surface area contributed by atoms with Crippen LogP contribution in [0.5, 0.6) is 11.5 Å². The number of ether oxygens (including phenoxy) is 3. The molecule has 0 fully saturated rings. The van der Waals surface area contributed by atoms with E-state index < -0.39 is 0 Å². The van der Waals surface area contributed by atoms with Crippen molar-refractivity contribution in [1.82, 2.24) is 0 Å². The summed E-state index contributed by atoms with van der Waals surface area (Å²) in [7, 11) is 0. The Balaban J connectivity index is 1.82. The van der Waals surface area contributed by atoms with Crippen LogP contribution in [0.3, 0.4) is 0 Å². The summed E-state index contributed by atoms with van der Waals surface area (Å²) in [5.74, 6) is 1.89. The summed E-state index contributed by atoms with van der Waals surface area (Å²) >= 11 is -0.184. The minimum absolute atomic E-state index is 0.184. The van der Waals surface area contributed by atoms with E-state index in [0.717, 1.165) is 37.6 Å². The van der Waals surface area contributed by atoms with Crippen molar-refractivity contribution in [2.75, 3.05) is 26.4 Å². The van der Waals surface area contributed by atoms with Crippen LogP contribution in [-0.2, 0) is 4.74 Å². The first-order valence-corrected chi connectivity index (χ1v) is 11.1. The van der Waals surface area contributed by atoms with Crippen LogP contribution in [0.25, 0.3) is 0 Å². The van der Waals surface area contributed by atoms with E-state index in [4.69, 9.17) is 14.2 Å². The molecule has 138 valence electrons. The van der Waals surface area contributed by atoms with Gasteiger partial charge in [0.25, 0.3) is 0 Å². The number of benzene rings is 2. The van der Waals surface area contributed by atoms with Crippen molar-refractivity contribution in [1.29, 1.82) is 0 Å². The molecule has 2 rings (SSSR count). The molecule has 0 bridgehead atoms. The van der Waals surface area contributed by atoms with Crippen molar-refractivity contribution in [2.24, 2.45) is 0 Å². The monoisotopic (exact) mass is 455 g/mol. The second kappa shape index (κ2) is 11.4. The molecular formula is C21H28IO3-. The van der Waals surface area contributed by atoms with Gasteiger partial charge in [-0.3, -0.25) is 0 Å². The first-order valence-electron chi connectivity index (χ1n) is 8.91. The quantitative estimate of drug-likeness (QED) is 0.382. The Hall–Kier alpha value is -1.27. The van der Waals surface area contributed by atoms with E-state index in [1.165, 1.54) is 12.7 Å². The van der Waals surface area contributed by atoms with Gasteiger partial charge in [-0.25, -0.2) is 0 Å². The number of rotatable bonds is 11. The van der Waals surface area contributed by atoms with Crippen LogP contribution in [0.4, 0.5) is 0 Å². The van der Waals surface area contributed by atoms with Gasteiger partial charge in [-0.05, 0) is 0 Å². The van der Waals surface area contributed by atoms with Crippen LogP contribution >= 0.6 is 0 Å². The number of hydrogen-bond acceptors (Lipinski definition) is 3. The maximum atomic E-state index is 5.77. The molecule has 3 nitrogen and oxygen atoms in total. The van der Waals surface area contributed by atoms with Gasteiger partial charge in [0.2, 0.25) is 0 Å². The summed E-state index contributed by atoms with van der Waals surface area (Å²) in [6.45, 7) is 9.32. The molecule has 0 amide bonds. The summed E-state index contributed by atoms with van der Waals surface area (Å²) in [4.78, 5) is 0. The summed E-state index contributed by atoms with van der Waals surface area (Å²) in [5, 5.41) is 0. The van der Waals surface area contributed by atoms with E-state index >= 15 is 0 Å². The van der Waals surface area contributed by atoms with E-state index in [9.17, 15) is 0 Å². The van der Waals surface area contributed by atoms with Gasteiger partial charge in [0.05, 0.1) is 0 Å². The molecule has 4 heteroatoms. The molecule has 0 spiro atoms. The van der Waals surface area contributed by atoms with E-state index in [-0.39, 0.29) is 21.2 Å². The molecule has 0 atom stereocenters. The average Bonchev–Trinajstić information content (AvgIpc) is 2.62. The van der Waals surface area contributed by atoms with Crippen LogP contribution < -0.4 is 30.7 Å². The topological polar surface area (TPSA) is 27.7 Å².